The minimum Gasteiger partial charge on any atom is -0.493 e. The predicted molar refractivity (Wildman–Crippen MR) is 151 cm³/mol. The molecule has 0 saturated carbocycles. The van der Waals surface area contributed by atoms with Gasteiger partial charge >= 0.3 is 0 Å². The number of carbonyl (C=O) groups is 1. The number of rotatable bonds is 11. The average Bonchev–Trinajstić information content (AvgIpc) is 3.60. The third kappa shape index (κ3) is 6.13. The molecular formula is C27H26N6O4S2. The summed E-state index contributed by atoms with van der Waals surface area (Å²) in [6.07, 6.45) is 5.21. The van der Waals surface area contributed by atoms with Crippen LogP contribution in [0.1, 0.15) is 11.3 Å². The predicted octanol–water partition coefficient (Wildman–Crippen LogP) is 4.83. The smallest absolute Gasteiger partial charge is 0.249 e. The first-order chi connectivity index (χ1) is 19.1. The quantitative estimate of drug-likeness (QED) is 0.209. The van der Waals surface area contributed by atoms with Gasteiger partial charge in [0.15, 0.2) is 15.8 Å². The van der Waals surface area contributed by atoms with E-state index in [4.69, 9.17) is 14.2 Å². The highest BCUT2D eigenvalue weighted by atomic mass is 32.2. The van der Waals surface area contributed by atoms with Crippen LogP contribution in [0.2, 0.25) is 0 Å². The van der Waals surface area contributed by atoms with Crippen LogP contribution in [-0.2, 0) is 23.6 Å². The molecule has 3 aromatic heterocycles. The number of thiazole rings is 1. The van der Waals surface area contributed by atoms with Crippen molar-refractivity contribution in [2.75, 3.05) is 26.2 Å². The van der Waals surface area contributed by atoms with Gasteiger partial charge in [0.1, 0.15) is 6.54 Å². The van der Waals surface area contributed by atoms with Gasteiger partial charge < -0.3 is 19.1 Å². The van der Waals surface area contributed by atoms with E-state index in [1.165, 1.54) is 21.3 Å². The van der Waals surface area contributed by atoms with E-state index in [2.05, 4.69) is 26.3 Å². The Hall–Kier alpha value is -4.16. The summed E-state index contributed by atoms with van der Waals surface area (Å²) in [5, 5.41) is 8.46. The zero-order valence-corrected chi connectivity index (χ0v) is 23.2. The Balaban J connectivity index is 1.34. The highest BCUT2D eigenvalue weighted by molar-refractivity contribution is 8.00. The van der Waals surface area contributed by atoms with Crippen LogP contribution >= 0.6 is 23.1 Å². The molecule has 10 nitrogen and oxygen atoms in total. The van der Waals surface area contributed by atoms with Crippen molar-refractivity contribution in [3.63, 3.8) is 0 Å². The first-order valence-corrected chi connectivity index (χ1v) is 13.7. The van der Waals surface area contributed by atoms with E-state index in [1.54, 1.807) is 63.4 Å². The zero-order valence-electron chi connectivity index (χ0n) is 21.6. The molecule has 0 saturated heterocycles. The molecule has 5 rings (SSSR count). The number of fused-ring (bicyclic) bond motifs is 1. The summed E-state index contributed by atoms with van der Waals surface area (Å²) in [6.45, 7) is 0.288. The number of ether oxygens (including phenoxy) is 3. The number of carbonyl (C=O) groups excluding carboxylic acids is 1. The van der Waals surface area contributed by atoms with Crippen molar-refractivity contribution in [2.45, 2.75) is 23.2 Å². The van der Waals surface area contributed by atoms with Crippen molar-refractivity contribution in [1.82, 2.24) is 25.0 Å². The zero-order chi connectivity index (χ0) is 27.2. The van der Waals surface area contributed by atoms with E-state index in [0.29, 0.717) is 35.2 Å². The van der Waals surface area contributed by atoms with Gasteiger partial charge in [-0.15, -0.1) is 16.4 Å². The monoisotopic (exact) mass is 562 g/mol. The van der Waals surface area contributed by atoms with Gasteiger partial charge in [0.05, 0.1) is 49.5 Å². The number of benzene rings is 2. The number of nitrogens with zero attached hydrogens (tertiary/aromatic N) is 6. The Kier molecular flexibility index (Phi) is 8.23. The minimum absolute atomic E-state index is 0.00424. The molecular weight excluding hydrogens is 536 g/mol. The van der Waals surface area contributed by atoms with Crippen LogP contribution in [0.4, 0.5) is 5.69 Å². The molecule has 0 atom stereocenters. The van der Waals surface area contributed by atoms with Gasteiger partial charge in [-0.3, -0.25) is 9.78 Å². The highest BCUT2D eigenvalue weighted by Crippen LogP contribution is 2.41. The van der Waals surface area contributed by atoms with Gasteiger partial charge in [-0.05, 0) is 23.8 Å². The third-order valence-electron chi connectivity index (χ3n) is 5.83. The number of methoxy groups -OCH3 is 3. The van der Waals surface area contributed by atoms with Gasteiger partial charge in [0.25, 0.3) is 0 Å². The largest absolute Gasteiger partial charge is 0.493 e. The van der Waals surface area contributed by atoms with E-state index >= 15 is 0 Å². The van der Waals surface area contributed by atoms with E-state index < -0.39 is 0 Å². The fraction of sp³-hybridized carbons (Fsp3) is 0.222. The summed E-state index contributed by atoms with van der Waals surface area (Å²) in [5.74, 6) is 1.75. The number of amides is 1. The molecule has 2 aromatic carbocycles. The first-order valence-electron chi connectivity index (χ1n) is 11.9. The Bertz CT molecular complexity index is 1520. The summed E-state index contributed by atoms with van der Waals surface area (Å²) in [7, 11) is 4.62. The number of aromatic nitrogens is 5. The lowest BCUT2D eigenvalue weighted by molar-refractivity contribution is -0.119. The maximum Gasteiger partial charge on any atom is 0.249 e. The number of hydrogen-bond donors (Lipinski definition) is 0. The van der Waals surface area contributed by atoms with Crippen LogP contribution in [0.5, 0.6) is 17.2 Å². The van der Waals surface area contributed by atoms with Crippen molar-refractivity contribution in [1.29, 1.82) is 0 Å². The minimum atomic E-state index is -0.191. The van der Waals surface area contributed by atoms with Gasteiger partial charge in [-0.25, -0.2) is 9.67 Å². The Morgan fingerprint density at radius 3 is 2.54 bits per heavy atom. The van der Waals surface area contributed by atoms with Crippen LogP contribution in [-0.4, -0.2) is 52.2 Å². The number of para-hydroxylation sites is 1. The molecule has 39 heavy (non-hydrogen) atoms. The maximum absolute atomic E-state index is 13.6. The summed E-state index contributed by atoms with van der Waals surface area (Å²) >= 11 is 3.24. The fourth-order valence-corrected chi connectivity index (χ4v) is 5.92. The maximum atomic E-state index is 13.6. The van der Waals surface area contributed by atoms with Gasteiger partial charge in [-0.2, -0.15) is 0 Å². The molecule has 0 N–H and O–H groups in total. The molecule has 0 radical (unpaired) electrons. The van der Waals surface area contributed by atoms with E-state index in [1.807, 2.05) is 30.3 Å². The van der Waals surface area contributed by atoms with Crippen molar-refractivity contribution >= 4 is 44.9 Å². The average molecular weight is 563 g/mol. The Morgan fingerprint density at radius 2 is 1.85 bits per heavy atom. The third-order valence-corrected chi connectivity index (χ3v) is 8.04. The van der Waals surface area contributed by atoms with Crippen molar-refractivity contribution in [3.8, 4) is 17.2 Å². The second-order valence-corrected chi connectivity index (χ2v) is 10.6. The first kappa shape index (κ1) is 26.4. The summed E-state index contributed by atoms with van der Waals surface area (Å²) in [4.78, 5) is 24.1. The molecule has 200 valence electrons. The van der Waals surface area contributed by atoms with Crippen LogP contribution in [0.15, 0.2) is 71.5 Å². The van der Waals surface area contributed by atoms with Gasteiger partial charge in [0.2, 0.25) is 11.7 Å². The van der Waals surface area contributed by atoms with Crippen molar-refractivity contribution in [2.24, 2.45) is 0 Å². The molecule has 0 aliphatic rings. The Morgan fingerprint density at radius 1 is 1.05 bits per heavy atom. The topological polar surface area (TPSA) is 104 Å². The number of hydrogen-bond acceptors (Lipinski definition) is 10. The van der Waals surface area contributed by atoms with Crippen LogP contribution in [0.25, 0.3) is 10.2 Å². The van der Waals surface area contributed by atoms with Crippen LogP contribution in [0, 0.1) is 0 Å². The van der Waals surface area contributed by atoms with Crippen LogP contribution < -0.4 is 19.1 Å². The standard InChI is InChI=1S/C27H26N6O4S2/c1-35-22-11-20(12-23(36-2)26(22)37-3)33(14-18-7-6-10-28-13-18)25(34)16-32-15-19(30-31-32)17-38-27-29-21-8-4-5-9-24(21)39-27/h4-13,15H,14,16-17H2,1-3H3. The number of pyridine rings is 1. The van der Waals surface area contributed by atoms with E-state index in [0.717, 1.165) is 25.8 Å². The molecule has 1 amide bonds. The molecule has 0 bridgehead atoms. The molecule has 0 spiro atoms. The lowest BCUT2D eigenvalue weighted by Gasteiger charge is -2.25. The number of anilines is 1. The second kappa shape index (κ2) is 12.1. The van der Waals surface area contributed by atoms with Gasteiger partial charge in [0, 0.05) is 36.5 Å². The molecule has 0 aliphatic heterocycles. The fourth-order valence-electron chi connectivity index (χ4n) is 3.98. The lowest BCUT2D eigenvalue weighted by Crippen LogP contribution is -2.33. The SMILES string of the molecule is COc1cc(N(Cc2cccnc2)C(=O)Cn2cc(CSc3nc4ccccc4s3)nn2)cc(OC)c1OC. The molecule has 5 aromatic rings. The summed E-state index contributed by atoms with van der Waals surface area (Å²) in [5.41, 5.74) is 3.20. The van der Waals surface area contributed by atoms with E-state index in [-0.39, 0.29) is 12.5 Å². The number of thioether (sulfide) groups is 1. The van der Waals surface area contributed by atoms with Gasteiger partial charge in [-0.1, -0.05) is 35.2 Å². The molecule has 12 heteroatoms. The molecule has 0 unspecified atom stereocenters. The molecule has 0 fully saturated rings. The molecule has 0 aliphatic carbocycles. The normalized spacial score (nSPS) is 10.9. The summed E-state index contributed by atoms with van der Waals surface area (Å²) in [6, 6.07) is 15.3. The van der Waals surface area contributed by atoms with Crippen LogP contribution in [0.3, 0.4) is 0 Å². The molecule has 3 heterocycles. The highest BCUT2D eigenvalue weighted by Gasteiger charge is 2.22. The Labute approximate surface area is 233 Å². The lowest BCUT2D eigenvalue weighted by atomic mass is 10.2. The van der Waals surface area contributed by atoms with Crippen molar-refractivity contribution < 1.29 is 19.0 Å². The van der Waals surface area contributed by atoms with E-state index in [9.17, 15) is 4.79 Å². The second-order valence-electron chi connectivity index (χ2n) is 8.37. The summed E-state index contributed by atoms with van der Waals surface area (Å²) < 4.78 is 20.1. The van der Waals surface area contributed by atoms with Crippen molar-refractivity contribution in [3.05, 3.63) is 78.4 Å².